The number of para-hydroxylation sites is 2. The third kappa shape index (κ3) is 4.91. The molecule has 0 bridgehead atoms. The van der Waals surface area contributed by atoms with Gasteiger partial charge in [0, 0.05) is 24.1 Å². The second kappa shape index (κ2) is 10.3. The maximum atomic E-state index is 14.0. The van der Waals surface area contributed by atoms with E-state index in [-0.39, 0.29) is 23.5 Å². The maximum Gasteiger partial charge on any atom is 0.228 e. The number of hydrogen-bond acceptors (Lipinski definition) is 4. The van der Waals surface area contributed by atoms with Crippen LogP contribution in [0.2, 0.25) is 0 Å². The summed E-state index contributed by atoms with van der Waals surface area (Å²) in [5.41, 5.74) is 6.42. The highest BCUT2D eigenvalue weighted by molar-refractivity contribution is 6.06. The van der Waals surface area contributed by atoms with Gasteiger partial charge in [0.2, 0.25) is 5.91 Å². The number of fused-ring (bicyclic) bond motifs is 1. The van der Waals surface area contributed by atoms with Crippen molar-refractivity contribution < 1.29 is 14.3 Å². The average Bonchev–Trinajstić information content (AvgIpc) is 3.03. The van der Waals surface area contributed by atoms with Crippen molar-refractivity contribution in [2.24, 2.45) is 5.92 Å². The van der Waals surface area contributed by atoms with Gasteiger partial charge in [-0.1, -0.05) is 67.9 Å². The summed E-state index contributed by atoms with van der Waals surface area (Å²) in [5.74, 6) is 1.03. The van der Waals surface area contributed by atoms with E-state index in [9.17, 15) is 9.59 Å². The Bertz CT molecular complexity index is 1360. The van der Waals surface area contributed by atoms with E-state index in [1.54, 1.807) is 7.11 Å². The summed E-state index contributed by atoms with van der Waals surface area (Å²) >= 11 is 0. The normalized spacial score (nSPS) is 19.2. The monoisotopic (exact) mass is 494 g/mol. The molecule has 0 fully saturated rings. The fraction of sp³-hybridized carbons (Fsp3) is 0.312. The lowest BCUT2D eigenvalue weighted by molar-refractivity contribution is -0.119. The number of carbonyl (C=O) groups is 2. The Labute approximate surface area is 219 Å². The lowest BCUT2D eigenvalue weighted by Crippen LogP contribution is -2.39. The molecule has 0 unspecified atom stereocenters. The first-order chi connectivity index (χ1) is 17.9. The number of hydrogen-bond donors (Lipinski definition) is 1. The minimum atomic E-state index is -0.543. The summed E-state index contributed by atoms with van der Waals surface area (Å²) in [7, 11) is 1.63. The van der Waals surface area contributed by atoms with Crippen LogP contribution in [-0.4, -0.2) is 18.8 Å². The summed E-state index contributed by atoms with van der Waals surface area (Å²) < 4.78 is 5.53. The van der Waals surface area contributed by atoms with Crippen molar-refractivity contribution >= 4 is 23.1 Å². The highest BCUT2D eigenvalue weighted by Crippen LogP contribution is 2.48. The first-order valence-electron chi connectivity index (χ1n) is 13.0. The Morgan fingerprint density at radius 1 is 1.00 bits per heavy atom. The smallest absolute Gasteiger partial charge is 0.228 e. The van der Waals surface area contributed by atoms with Crippen molar-refractivity contribution in [2.75, 3.05) is 17.3 Å². The molecule has 5 nitrogen and oxygen atoms in total. The minimum Gasteiger partial charge on any atom is -0.497 e. The first-order valence-corrected chi connectivity index (χ1v) is 13.0. The number of ketones is 1. The standard InChI is InChI=1S/C32H34N2O3/c1-20(2)16-30(36)34-28-11-6-5-10-26(28)33-27-18-24(22-14-12-21(3)13-15-22)19-29(35)31(27)32(34)23-8-7-9-25(17-23)37-4/h5-15,17,20,24,32-33H,16,18-19H2,1-4H3/t24-,32+/m0/s1. The Kier molecular flexibility index (Phi) is 6.88. The van der Waals surface area contributed by atoms with Crippen LogP contribution in [0.1, 0.15) is 61.8 Å². The minimum absolute atomic E-state index is 0.000669. The van der Waals surface area contributed by atoms with Gasteiger partial charge in [0.05, 0.1) is 24.5 Å². The van der Waals surface area contributed by atoms with Gasteiger partial charge in [0.25, 0.3) is 0 Å². The van der Waals surface area contributed by atoms with Crippen LogP contribution in [0.15, 0.2) is 84.1 Å². The molecule has 37 heavy (non-hydrogen) atoms. The van der Waals surface area contributed by atoms with E-state index in [4.69, 9.17) is 4.74 Å². The van der Waals surface area contributed by atoms with Crippen LogP contribution in [0.4, 0.5) is 11.4 Å². The maximum absolute atomic E-state index is 14.0. The molecule has 0 saturated carbocycles. The molecule has 0 spiro atoms. The molecule has 5 heteroatoms. The average molecular weight is 495 g/mol. The van der Waals surface area contributed by atoms with Crippen LogP contribution in [0.25, 0.3) is 0 Å². The molecular weight excluding hydrogens is 460 g/mol. The van der Waals surface area contributed by atoms with Gasteiger partial charge >= 0.3 is 0 Å². The van der Waals surface area contributed by atoms with Crippen molar-refractivity contribution in [3.8, 4) is 5.75 Å². The van der Waals surface area contributed by atoms with Crippen LogP contribution >= 0.6 is 0 Å². The van der Waals surface area contributed by atoms with Gasteiger partial charge < -0.3 is 10.1 Å². The second-order valence-electron chi connectivity index (χ2n) is 10.5. The van der Waals surface area contributed by atoms with E-state index >= 15 is 0 Å². The Morgan fingerprint density at radius 3 is 2.49 bits per heavy atom. The van der Waals surface area contributed by atoms with Crippen molar-refractivity contribution in [1.82, 2.24) is 0 Å². The predicted molar refractivity (Wildman–Crippen MR) is 148 cm³/mol. The molecule has 1 heterocycles. The SMILES string of the molecule is COc1cccc([C@@H]2C3=C(C[C@H](c4ccc(C)cc4)CC3=O)Nc3ccccc3N2C(=O)CC(C)C)c1. The van der Waals surface area contributed by atoms with Crippen LogP contribution in [0, 0.1) is 12.8 Å². The summed E-state index contributed by atoms with van der Waals surface area (Å²) in [6.45, 7) is 6.16. The number of anilines is 2. The molecule has 1 N–H and O–H groups in total. The van der Waals surface area contributed by atoms with E-state index in [2.05, 4.69) is 36.5 Å². The zero-order valence-electron chi connectivity index (χ0n) is 22.0. The van der Waals surface area contributed by atoms with Crippen molar-refractivity contribution in [1.29, 1.82) is 0 Å². The van der Waals surface area contributed by atoms with Gasteiger partial charge in [-0.15, -0.1) is 0 Å². The van der Waals surface area contributed by atoms with Gasteiger partial charge in [-0.2, -0.15) is 0 Å². The number of methoxy groups -OCH3 is 1. The predicted octanol–water partition coefficient (Wildman–Crippen LogP) is 6.95. The van der Waals surface area contributed by atoms with E-state index < -0.39 is 6.04 Å². The molecule has 3 aromatic rings. The molecule has 3 aromatic carbocycles. The zero-order valence-corrected chi connectivity index (χ0v) is 22.0. The second-order valence-corrected chi connectivity index (χ2v) is 10.5. The molecule has 1 amide bonds. The zero-order chi connectivity index (χ0) is 26.1. The van der Waals surface area contributed by atoms with E-state index in [0.717, 1.165) is 28.2 Å². The number of amides is 1. The molecule has 0 saturated heterocycles. The topological polar surface area (TPSA) is 58.6 Å². The molecule has 0 radical (unpaired) electrons. The van der Waals surface area contributed by atoms with Crippen molar-refractivity contribution in [3.63, 3.8) is 0 Å². The molecular formula is C32H34N2O3. The Balaban J connectivity index is 1.70. The number of rotatable bonds is 5. The molecule has 0 aromatic heterocycles. The van der Waals surface area contributed by atoms with Gasteiger partial charge in [0.1, 0.15) is 5.75 Å². The lowest BCUT2D eigenvalue weighted by atomic mass is 9.78. The summed E-state index contributed by atoms with van der Waals surface area (Å²) in [5, 5.41) is 3.60. The van der Waals surface area contributed by atoms with Crippen LogP contribution in [0.5, 0.6) is 5.75 Å². The summed E-state index contributed by atoms with van der Waals surface area (Å²) in [4.78, 5) is 29.8. The van der Waals surface area contributed by atoms with Crippen molar-refractivity contribution in [3.05, 3.63) is 101 Å². The van der Waals surface area contributed by atoms with Crippen LogP contribution in [-0.2, 0) is 9.59 Å². The third-order valence-corrected chi connectivity index (χ3v) is 7.30. The van der Waals surface area contributed by atoms with Gasteiger partial charge in [0.15, 0.2) is 5.78 Å². The largest absolute Gasteiger partial charge is 0.497 e. The first kappa shape index (κ1) is 24.8. The lowest BCUT2D eigenvalue weighted by Gasteiger charge is -2.35. The van der Waals surface area contributed by atoms with Gasteiger partial charge in [-0.25, -0.2) is 0 Å². The number of aryl methyl sites for hydroxylation is 1. The van der Waals surface area contributed by atoms with Gasteiger partial charge in [-0.05, 0) is 60.6 Å². The number of allylic oxidation sites excluding steroid dienone is 1. The molecule has 5 rings (SSSR count). The fourth-order valence-electron chi connectivity index (χ4n) is 5.51. The summed E-state index contributed by atoms with van der Waals surface area (Å²) in [6.07, 6.45) is 1.50. The molecule has 1 aliphatic carbocycles. The third-order valence-electron chi connectivity index (χ3n) is 7.30. The quantitative estimate of drug-likeness (QED) is 0.417. The van der Waals surface area contributed by atoms with Crippen LogP contribution in [0.3, 0.4) is 0 Å². The summed E-state index contributed by atoms with van der Waals surface area (Å²) in [6, 6.07) is 23.5. The number of Topliss-reactive ketones (excluding diaryl/α,β-unsaturated/α-hetero) is 1. The molecule has 2 aliphatic rings. The molecule has 190 valence electrons. The Hall–Kier alpha value is -3.86. The Morgan fingerprint density at radius 2 is 1.76 bits per heavy atom. The number of nitrogens with zero attached hydrogens (tertiary/aromatic N) is 1. The number of ether oxygens (including phenoxy) is 1. The highest BCUT2D eigenvalue weighted by atomic mass is 16.5. The number of carbonyl (C=O) groups excluding carboxylic acids is 2. The molecule has 1 aliphatic heterocycles. The molecule has 2 atom stereocenters. The number of nitrogens with one attached hydrogen (secondary N) is 1. The number of benzene rings is 3. The van der Waals surface area contributed by atoms with Gasteiger partial charge in [-0.3, -0.25) is 14.5 Å². The van der Waals surface area contributed by atoms with E-state index in [0.29, 0.717) is 30.6 Å². The van der Waals surface area contributed by atoms with Crippen molar-refractivity contribution in [2.45, 2.75) is 52.0 Å². The fourth-order valence-corrected chi connectivity index (χ4v) is 5.51. The highest BCUT2D eigenvalue weighted by Gasteiger charge is 2.41. The van der Waals surface area contributed by atoms with Crippen LogP contribution < -0.4 is 15.0 Å². The van der Waals surface area contributed by atoms with E-state index in [1.165, 1.54) is 5.56 Å². The van der Waals surface area contributed by atoms with E-state index in [1.807, 2.05) is 67.3 Å².